The Labute approximate surface area is 161 Å². The van der Waals surface area contributed by atoms with E-state index >= 15 is 0 Å². The maximum atomic E-state index is 13.0. The second kappa shape index (κ2) is 9.36. The third-order valence-corrected chi connectivity index (χ3v) is 5.19. The Balaban J connectivity index is 1.74. The number of para-hydroxylation sites is 1. The topological polar surface area (TPSA) is 49.4 Å². The number of hydrogen-bond acceptors (Lipinski definition) is 2. The van der Waals surface area contributed by atoms with Gasteiger partial charge in [0.05, 0.1) is 0 Å². The Kier molecular flexibility index (Phi) is 6.64. The van der Waals surface area contributed by atoms with E-state index in [1.807, 2.05) is 37.3 Å². The van der Waals surface area contributed by atoms with Gasteiger partial charge in [-0.1, -0.05) is 49.9 Å². The molecule has 4 nitrogen and oxygen atoms in total. The van der Waals surface area contributed by atoms with Crippen molar-refractivity contribution >= 4 is 17.5 Å². The fourth-order valence-corrected chi connectivity index (χ4v) is 3.69. The molecule has 27 heavy (non-hydrogen) atoms. The van der Waals surface area contributed by atoms with Crippen molar-refractivity contribution < 1.29 is 9.59 Å². The predicted octanol–water partition coefficient (Wildman–Crippen LogP) is 4.81. The highest BCUT2D eigenvalue weighted by Crippen LogP contribution is 2.19. The summed E-state index contributed by atoms with van der Waals surface area (Å²) in [6.07, 6.45) is 6.94. The Morgan fingerprint density at radius 3 is 2.26 bits per heavy atom. The van der Waals surface area contributed by atoms with Crippen LogP contribution in [0.5, 0.6) is 0 Å². The first-order valence-electron chi connectivity index (χ1n) is 9.97. The summed E-state index contributed by atoms with van der Waals surface area (Å²) in [5, 5.41) is 3.15. The average molecular weight is 364 g/mol. The molecule has 0 bridgehead atoms. The van der Waals surface area contributed by atoms with Gasteiger partial charge in [-0.15, -0.1) is 0 Å². The molecule has 0 aliphatic heterocycles. The largest absolute Gasteiger partial charge is 0.349 e. The molecule has 1 aliphatic rings. The van der Waals surface area contributed by atoms with E-state index in [1.165, 1.54) is 25.7 Å². The first-order chi connectivity index (χ1) is 13.2. The van der Waals surface area contributed by atoms with E-state index < -0.39 is 0 Å². The summed E-state index contributed by atoms with van der Waals surface area (Å²) in [5.41, 5.74) is 1.95. The Morgan fingerprint density at radius 1 is 0.926 bits per heavy atom. The van der Waals surface area contributed by atoms with Crippen LogP contribution in [0.2, 0.25) is 0 Å². The molecule has 0 saturated heterocycles. The molecule has 2 aromatic carbocycles. The Hall–Kier alpha value is -2.62. The van der Waals surface area contributed by atoms with Crippen LogP contribution in [0.3, 0.4) is 0 Å². The summed E-state index contributed by atoms with van der Waals surface area (Å²) in [6.45, 7) is 2.52. The molecule has 1 N–H and O–H groups in total. The lowest BCUT2D eigenvalue weighted by molar-refractivity contribution is 0.0933. The van der Waals surface area contributed by atoms with Gasteiger partial charge in [-0.05, 0) is 50.1 Å². The standard InChI is InChI=1S/C23H28N2O2/c1-2-25(21-15-8-5-9-16-21)23(27)19-12-10-11-18(17-19)22(26)24-20-13-6-3-4-7-14-20/h5,8-12,15-17,20H,2-4,6-7,13-14H2,1H3,(H,24,26). The lowest BCUT2D eigenvalue weighted by Gasteiger charge is -2.21. The lowest BCUT2D eigenvalue weighted by Crippen LogP contribution is -2.35. The van der Waals surface area contributed by atoms with Crippen molar-refractivity contribution in [2.24, 2.45) is 0 Å². The van der Waals surface area contributed by atoms with Crippen molar-refractivity contribution in [1.29, 1.82) is 0 Å². The maximum absolute atomic E-state index is 13.0. The highest BCUT2D eigenvalue weighted by atomic mass is 16.2. The molecule has 0 aromatic heterocycles. The predicted molar refractivity (Wildman–Crippen MR) is 109 cm³/mol. The molecule has 0 spiro atoms. The highest BCUT2D eigenvalue weighted by molar-refractivity contribution is 6.07. The number of nitrogens with one attached hydrogen (secondary N) is 1. The minimum atomic E-state index is -0.0900. The third kappa shape index (κ3) is 4.97. The van der Waals surface area contributed by atoms with Crippen LogP contribution >= 0.6 is 0 Å². The van der Waals surface area contributed by atoms with Gasteiger partial charge < -0.3 is 10.2 Å². The van der Waals surface area contributed by atoms with Crippen molar-refractivity contribution in [2.75, 3.05) is 11.4 Å². The minimum absolute atomic E-state index is 0.0840. The van der Waals surface area contributed by atoms with Gasteiger partial charge in [-0.2, -0.15) is 0 Å². The van der Waals surface area contributed by atoms with Crippen molar-refractivity contribution in [3.05, 3.63) is 65.7 Å². The maximum Gasteiger partial charge on any atom is 0.258 e. The smallest absolute Gasteiger partial charge is 0.258 e. The van der Waals surface area contributed by atoms with E-state index in [2.05, 4.69) is 5.32 Å². The highest BCUT2D eigenvalue weighted by Gasteiger charge is 2.19. The molecule has 1 saturated carbocycles. The van der Waals surface area contributed by atoms with Gasteiger partial charge in [-0.25, -0.2) is 0 Å². The van der Waals surface area contributed by atoms with Crippen LogP contribution in [0, 0.1) is 0 Å². The molecular formula is C23H28N2O2. The second-order valence-corrected chi connectivity index (χ2v) is 7.13. The number of benzene rings is 2. The Bertz CT molecular complexity index is 765. The van der Waals surface area contributed by atoms with Crippen LogP contribution < -0.4 is 10.2 Å². The van der Waals surface area contributed by atoms with Gasteiger partial charge in [0.1, 0.15) is 0 Å². The van der Waals surface area contributed by atoms with Crippen LogP contribution in [0.1, 0.15) is 66.2 Å². The van der Waals surface area contributed by atoms with Crippen molar-refractivity contribution in [3.8, 4) is 0 Å². The van der Waals surface area contributed by atoms with Gasteiger partial charge >= 0.3 is 0 Å². The van der Waals surface area contributed by atoms with Gasteiger partial charge in [0.25, 0.3) is 11.8 Å². The fraction of sp³-hybridized carbons (Fsp3) is 0.391. The first kappa shape index (κ1) is 19.2. The number of hydrogen-bond donors (Lipinski definition) is 1. The summed E-state index contributed by atoms with van der Waals surface area (Å²) in [6, 6.07) is 16.9. The quantitative estimate of drug-likeness (QED) is 0.774. The van der Waals surface area contributed by atoms with E-state index in [4.69, 9.17) is 0 Å². The van der Waals surface area contributed by atoms with Gasteiger partial charge in [0.15, 0.2) is 0 Å². The molecule has 2 amide bonds. The molecule has 1 aliphatic carbocycles. The van der Waals surface area contributed by atoms with E-state index in [0.29, 0.717) is 17.7 Å². The number of amides is 2. The summed E-state index contributed by atoms with van der Waals surface area (Å²) in [4.78, 5) is 27.4. The number of anilines is 1. The lowest BCUT2D eigenvalue weighted by atomic mass is 10.1. The van der Waals surface area contributed by atoms with E-state index in [9.17, 15) is 9.59 Å². The second-order valence-electron chi connectivity index (χ2n) is 7.13. The number of nitrogens with zero attached hydrogens (tertiary/aromatic N) is 1. The molecule has 142 valence electrons. The van der Waals surface area contributed by atoms with Crippen LogP contribution in [-0.4, -0.2) is 24.4 Å². The molecule has 0 unspecified atom stereocenters. The van der Waals surface area contributed by atoms with Gasteiger partial charge in [0, 0.05) is 29.4 Å². The zero-order valence-corrected chi connectivity index (χ0v) is 16.0. The summed E-state index contributed by atoms with van der Waals surface area (Å²) in [7, 11) is 0. The van der Waals surface area contributed by atoms with Crippen molar-refractivity contribution in [2.45, 2.75) is 51.5 Å². The fourth-order valence-electron chi connectivity index (χ4n) is 3.69. The van der Waals surface area contributed by atoms with Crippen LogP contribution in [0.25, 0.3) is 0 Å². The minimum Gasteiger partial charge on any atom is -0.349 e. The number of carbonyl (C=O) groups excluding carboxylic acids is 2. The van der Waals surface area contributed by atoms with E-state index in [-0.39, 0.29) is 17.9 Å². The van der Waals surface area contributed by atoms with Crippen molar-refractivity contribution in [1.82, 2.24) is 5.32 Å². The van der Waals surface area contributed by atoms with Crippen LogP contribution in [-0.2, 0) is 0 Å². The van der Waals surface area contributed by atoms with E-state index in [1.54, 1.807) is 29.2 Å². The van der Waals surface area contributed by atoms with Gasteiger partial charge in [0.2, 0.25) is 0 Å². The summed E-state index contributed by atoms with van der Waals surface area (Å²) in [5.74, 6) is -0.174. The molecule has 0 radical (unpaired) electrons. The zero-order valence-electron chi connectivity index (χ0n) is 16.0. The van der Waals surface area contributed by atoms with E-state index in [0.717, 1.165) is 18.5 Å². The Morgan fingerprint density at radius 2 is 1.59 bits per heavy atom. The third-order valence-electron chi connectivity index (χ3n) is 5.19. The number of carbonyl (C=O) groups is 2. The summed E-state index contributed by atoms with van der Waals surface area (Å²) < 4.78 is 0. The molecule has 0 heterocycles. The van der Waals surface area contributed by atoms with Gasteiger partial charge in [-0.3, -0.25) is 9.59 Å². The van der Waals surface area contributed by atoms with Crippen LogP contribution in [0.15, 0.2) is 54.6 Å². The average Bonchev–Trinajstić information content (AvgIpc) is 2.98. The summed E-state index contributed by atoms with van der Waals surface area (Å²) >= 11 is 0. The SMILES string of the molecule is CCN(C(=O)c1cccc(C(=O)NC2CCCCCC2)c1)c1ccccc1. The molecule has 4 heteroatoms. The monoisotopic (exact) mass is 364 g/mol. The van der Waals surface area contributed by atoms with Crippen molar-refractivity contribution in [3.63, 3.8) is 0 Å². The molecule has 2 aromatic rings. The first-order valence-corrected chi connectivity index (χ1v) is 9.97. The molecule has 3 rings (SSSR count). The molecule has 1 fully saturated rings. The number of rotatable bonds is 5. The van der Waals surface area contributed by atoms with Crippen LogP contribution in [0.4, 0.5) is 5.69 Å². The zero-order chi connectivity index (χ0) is 19.1. The molecular weight excluding hydrogens is 336 g/mol. The normalized spacial score (nSPS) is 15.0. The molecule has 0 atom stereocenters.